The molecule has 0 aromatic carbocycles. The summed E-state index contributed by atoms with van der Waals surface area (Å²) in [5, 5.41) is 2.04. The molecule has 2 rings (SSSR count). The minimum absolute atomic E-state index is 0.492. The van der Waals surface area contributed by atoms with E-state index in [0.29, 0.717) is 11.9 Å². The van der Waals surface area contributed by atoms with Gasteiger partial charge in [-0.1, -0.05) is 6.92 Å². The van der Waals surface area contributed by atoms with Crippen LogP contribution in [-0.2, 0) is 5.88 Å². The van der Waals surface area contributed by atoms with Gasteiger partial charge in [0.15, 0.2) is 10.8 Å². The highest BCUT2D eigenvalue weighted by Gasteiger charge is 2.20. The minimum Gasteiger partial charge on any atom is -0.353 e. The van der Waals surface area contributed by atoms with E-state index in [2.05, 4.69) is 30.1 Å². The largest absolute Gasteiger partial charge is 0.353 e. The van der Waals surface area contributed by atoms with Crippen LogP contribution >= 0.6 is 22.9 Å². The number of aromatic nitrogens is 2. The number of thiazole rings is 1. The van der Waals surface area contributed by atoms with Gasteiger partial charge in [0.05, 0.1) is 11.6 Å². The van der Waals surface area contributed by atoms with E-state index in [0.717, 1.165) is 29.4 Å². The van der Waals surface area contributed by atoms with E-state index in [1.54, 1.807) is 11.3 Å². The van der Waals surface area contributed by atoms with Gasteiger partial charge in [-0.2, -0.15) is 0 Å². The van der Waals surface area contributed by atoms with E-state index in [1.165, 1.54) is 0 Å². The van der Waals surface area contributed by atoms with Crippen LogP contribution in [-0.4, -0.2) is 22.0 Å². The van der Waals surface area contributed by atoms with Crippen molar-refractivity contribution in [2.24, 2.45) is 0 Å². The Morgan fingerprint density at radius 2 is 2.29 bits per heavy atom. The Bertz CT molecular complexity index is 491. The highest BCUT2D eigenvalue weighted by Crippen LogP contribution is 2.27. The first kappa shape index (κ1) is 12.7. The lowest BCUT2D eigenvalue weighted by Gasteiger charge is -2.28. The number of anilines is 1. The molecule has 0 aliphatic heterocycles. The van der Waals surface area contributed by atoms with Crippen LogP contribution in [0, 0.1) is 0 Å². The summed E-state index contributed by atoms with van der Waals surface area (Å²) in [5.41, 5.74) is 1.10. The maximum absolute atomic E-state index is 6.08. The second-order valence-electron chi connectivity index (χ2n) is 4.11. The Morgan fingerprint density at radius 1 is 1.53 bits per heavy atom. The molecule has 0 aliphatic rings. The zero-order valence-electron chi connectivity index (χ0n) is 10.5. The molecule has 94 valence electrons. The van der Waals surface area contributed by atoms with E-state index < -0.39 is 0 Å². The molecule has 5 heteroatoms. The highest BCUT2D eigenvalue weighted by molar-refractivity contribution is 7.15. The highest BCUT2D eigenvalue weighted by atomic mass is 35.5. The Balaban J connectivity index is 2.48. The molecule has 1 atom stereocenters. The molecule has 0 amide bonds. The molecule has 0 fully saturated rings. The normalized spacial score (nSPS) is 13.2. The fourth-order valence-electron chi connectivity index (χ4n) is 2.07. The lowest BCUT2D eigenvalue weighted by Crippen LogP contribution is -2.33. The first-order valence-corrected chi connectivity index (χ1v) is 7.41. The molecule has 2 heterocycles. The second kappa shape index (κ2) is 5.27. The molecule has 0 radical (unpaired) electrons. The van der Waals surface area contributed by atoms with Gasteiger partial charge in [-0.15, -0.1) is 22.9 Å². The van der Waals surface area contributed by atoms with Crippen LogP contribution in [0.25, 0.3) is 4.96 Å². The molecule has 1 unspecified atom stereocenters. The molecule has 2 aromatic heterocycles. The van der Waals surface area contributed by atoms with Crippen molar-refractivity contribution in [2.45, 2.75) is 39.1 Å². The maximum atomic E-state index is 6.08. The van der Waals surface area contributed by atoms with Gasteiger partial charge in [0, 0.05) is 24.2 Å². The molecule has 0 saturated carbocycles. The Kier molecular flexibility index (Phi) is 3.94. The Labute approximate surface area is 111 Å². The van der Waals surface area contributed by atoms with Gasteiger partial charge in [-0.05, 0) is 20.3 Å². The number of halogens is 1. The van der Waals surface area contributed by atoms with E-state index in [-0.39, 0.29) is 0 Å². The summed E-state index contributed by atoms with van der Waals surface area (Å²) in [5.74, 6) is 1.55. The standard InChI is InChI=1S/C12H18ClN3S/c1-4-9(3)15(5-2)11-10(8-13)16-6-7-17-12(16)14-11/h6-7,9H,4-5,8H2,1-3H3. The smallest absolute Gasteiger partial charge is 0.195 e. The van der Waals surface area contributed by atoms with E-state index in [9.17, 15) is 0 Å². The molecular formula is C12H18ClN3S. The summed E-state index contributed by atoms with van der Waals surface area (Å²) in [6.07, 6.45) is 3.15. The van der Waals surface area contributed by atoms with E-state index in [4.69, 9.17) is 16.6 Å². The fraction of sp³-hybridized carbons (Fsp3) is 0.583. The lowest BCUT2D eigenvalue weighted by molar-refractivity contribution is 0.622. The molecule has 17 heavy (non-hydrogen) atoms. The lowest BCUT2D eigenvalue weighted by atomic mass is 10.2. The number of alkyl halides is 1. The first-order chi connectivity index (χ1) is 8.22. The van der Waals surface area contributed by atoms with E-state index in [1.807, 2.05) is 11.6 Å². The summed E-state index contributed by atoms with van der Waals surface area (Å²) >= 11 is 7.73. The van der Waals surface area contributed by atoms with Crippen molar-refractivity contribution in [3.63, 3.8) is 0 Å². The van der Waals surface area contributed by atoms with Crippen molar-refractivity contribution >= 4 is 33.7 Å². The second-order valence-corrected chi connectivity index (χ2v) is 5.25. The third kappa shape index (κ3) is 2.16. The SMILES string of the molecule is CCC(C)N(CC)c1nc2sccn2c1CCl. The Morgan fingerprint density at radius 3 is 2.88 bits per heavy atom. The van der Waals surface area contributed by atoms with Crippen LogP contribution in [0.2, 0.25) is 0 Å². The molecule has 0 aliphatic carbocycles. The maximum Gasteiger partial charge on any atom is 0.195 e. The van der Waals surface area contributed by atoms with Crippen LogP contribution in [0.5, 0.6) is 0 Å². The van der Waals surface area contributed by atoms with Gasteiger partial charge in [-0.25, -0.2) is 4.98 Å². The topological polar surface area (TPSA) is 20.5 Å². The molecule has 0 saturated heterocycles. The molecular weight excluding hydrogens is 254 g/mol. The quantitative estimate of drug-likeness (QED) is 0.772. The number of imidazole rings is 1. The van der Waals surface area contributed by atoms with Gasteiger partial charge in [-0.3, -0.25) is 4.40 Å². The summed E-state index contributed by atoms with van der Waals surface area (Å²) < 4.78 is 2.10. The van der Waals surface area contributed by atoms with Crippen molar-refractivity contribution in [2.75, 3.05) is 11.4 Å². The first-order valence-electron chi connectivity index (χ1n) is 5.99. The number of hydrogen-bond acceptors (Lipinski definition) is 3. The summed E-state index contributed by atoms with van der Waals surface area (Å²) in [6.45, 7) is 7.56. The van der Waals surface area contributed by atoms with Gasteiger partial charge >= 0.3 is 0 Å². The monoisotopic (exact) mass is 271 g/mol. The predicted molar refractivity (Wildman–Crippen MR) is 75.4 cm³/mol. The van der Waals surface area contributed by atoms with Crippen LogP contribution in [0.3, 0.4) is 0 Å². The van der Waals surface area contributed by atoms with Gasteiger partial charge in [0.1, 0.15) is 0 Å². The average Bonchev–Trinajstić information content (AvgIpc) is 2.89. The van der Waals surface area contributed by atoms with E-state index >= 15 is 0 Å². The molecule has 0 bridgehead atoms. The number of hydrogen-bond donors (Lipinski definition) is 0. The van der Waals surface area contributed by atoms with Crippen LogP contribution < -0.4 is 4.90 Å². The zero-order valence-corrected chi connectivity index (χ0v) is 12.1. The summed E-state index contributed by atoms with van der Waals surface area (Å²) in [4.78, 5) is 8.06. The van der Waals surface area contributed by atoms with Crippen molar-refractivity contribution in [1.29, 1.82) is 0 Å². The number of nitrogens with zero attached hydrogens (tertiary/aromatic N) is 3. The fourth-order valence-corrected chi connectivity index (χ4v) is 3.04. The molecule has 0 N–H and O–H groups in total. The Hall–Kier alpha value is -0.740. The predicted octanol–water partition coefficient (Wildman–Crippen LogP) is 3.76. The van der Waals surface area contributed by atoms with Crippen molar-refractivity contribution in [3.8, 4) is 0 Å². The van der Waals surface area contributed by atoms with Crippen LogP contribution in [0.15, 0.2) is 11.6 Å². The van der Waals surface area contributed by atoms with Crippen LogP contribution in [0.4, 0.5) is 5.82 Å². The molecule has 2 aromatic rings. The number of fused-ring (bicyclic) bond motifs is 1. The number of rotatable bonds is 5. The average molecular weight is 272 g/mol. The third-order valence-corrected chi connectivity index (χ3v) is 4.21. The van der Waals surface area contributed by atoms with Gasteiger partial charge in [0.25, 0.3) is 0 Å². The third-order valence-electron chi connectivity index (χ3n) is 3.20. The van der Waals surface area contributed by atoms with Crippen LogP contribution in [0.1, 0.15) is 32.9 Å². The van der Waals surface area contributed by atoms with Crippen molar-refractivity contribution in [1.82, 2.24) is 9.38 Å². The van der Waals surface area contributed by atoms with Gasteiger partial charge in [0.2, 0.25) is 0 Å². The zero-order chi connectivity index (χ0) is 12.4. The molecule has 3 nitrogen and oxygen atoms in total. The summed E-state index contributed by atoms with van der Waals surface area (Å²) in [6, 6.07) is 0.492. The van der Waals surface area contributed by atoms with Gasteiger partial charge < -0.3 is 4.90 Å². The van der Waals surface area contributed by atoms with Crippen molar-refractivity contribution < 1.29 is 0 Å². The van der Waals surface area contributed by atoms with Crippen molar-refractivity contribution in [3.05, 3.63) is 17.3 Å². The minimum atomic E-state index is 0.492. The molecule has 0 spiro atoms. The summed E-state index contributed by atoms with van der Waals surface area (Å²) in [7, 11) is 0.